The Morgan fingerprint density at radius 1 is 1.41 bits per heavy atom. The predicted octanol–water partition coefficient (Wildman–Crippen LogP) is 2.73. The van der Waals surface area contributed by atoms with Gasteiger partial charge in [-0.15, -0.1) is 11.6 Å². The van der Waals surface area contributed by atoms with Gasteiger partial charge in [0.1, 0.15) is 17.2 Å². The second kappa shape index (κ2) is 6.21. The molecule has 0 heterocycles. The van der Waals surface area contributed by atoms with Crippen LogP contribution in [0.15, 0.2) is 12.1 Å². The molecule has 1 aromatic carbocycles. The summed E-state index contributed by atoms with van der Waals surface area (Å²) in [5, 5.41) is 0. The Morgan fingerprint density at radius 3 is 2.47 bits per heavy atom. The van der Waals surface area contributed by atoms with Gasteiger partial charge in [-0.1, -0.05) is 11.8 Å². The topological polar surface area (TPSA) is 26.3 Å². The van der Waals surface area contributed by atoms with Crippen LogP contribution in [-0.2, 0) is 4.74 Å². The fourth-order valence-corrected chi connectivity index (χ4v) is 1.25. The number of hydrogen-bond donors (Lipinski definition) is 0. The molecule has 5 heteroatoms. The molecule has 0 bridgehead atoms. The summed E-state index contributed by atoms with van der Waals surface area (Å²) < 4.78 is 31.1. The molecule has 0 N–H and O–H groups in total. The normalized spacial score (nSPS) is 9.41. The highest BCUT2D eigenvalue weighted by Crippen LogP contribution is 2.16. The monoisotopic (exact) mass is 258 g/mol. The summed E-state index contributed by atoms with van der Waals surface area (Å²) in [6.45, 7) is 0. The van der Waals surface area contributed by atoms with Gasteiger partial charge < -0.3 is 4.74 Å². The number of hydrogen-bond acceptors (Lipinski definition) is 2. The van der Waals surface area contributed by atoms with Crippen LogP contribution < -0.4 is 0 Å². The van der Waals surface area contributed by atoms with Crippen molar-refractivity contribution in [2.24, 2.45) is 0 Å². The van der Waals surface area contributed by atoms with Gasteiger partial charge in [0.2, 0.25) is 0 Å². The smallest absolute Gasteiger partial charge is 0.343 e. The van der Waals surface area contributed by atoms with Crippen LogP contribution in [0.3, 0.4) is 0 Å². The van der Waals surface area contributed by atoms with Crippen LogP contribution in [0, 0.1) is 23.5 Å². The first-order valence-electron chi connectivity index (χ1n) is 4.72. The van der Waals surface area contributed by atoms with Crippen molar-refractivity contribution in [1.29, 1.82) is 0 Å². The van der Waals surface area contributed by atoms with Crippen LogP contribution in [0.25, 0.3) is 0 Å². The zero-order valence-corrected chi connectivity index (χ0v) is 9.78. The van der Waals surface area contributed by atoms with Crippen LogP contribution in [0.1, 0.15) is 22.3 Å². The lowest BCUT2D eigenvalue weighted by molar-refractivity contribution is 0.0590. The van der Waals surface area contributed by atoms with Crippen LogP contribution in [0.5, 0.6) is 0 Å². The highest BCUT2D eigenvalue weighted by atomic mass is 35.5. The average molecular weight is 259 g/mol. The molecule has 17 heavy (non-hydrogen) atoms. The summed E-state index contributed by atoms with van der Waals surface area (Å²) in [6, 6.07) is 1.97. The van der Waals surface area contributed by atoms with Crippen molar-refractivity contribution in [3.8, 4) is 11.8 Å². The number of halogens is 3. The number of ether oxygens (including phenoxy) is 1. The maximum Gasteiger partial charge on any atom is 0.343 e. The fourth-order valence-electron chi connectivity index (χ4n) is 1.15. The molecule has 2 nitrogen and oxygen atoms in total. The molecule has 0 aliphatic carbocycles. The van der Waals surface area contributed by atoms with Crippen LogP contribution in [0.4, 0.5) is 8.78 Å². The van der Waals surface area contributed by atoms with Gasteiger partial charge in [-0.2, -0.15) is 0 Å². The van der Waals surface area contributed by atoms with E-state index in [1.165, 1.54) is 0 Å². The minimum absolute atomic E-state index is 0.151. The molecule has 1 rings (SSSR count). The molecule has 0 aromatic heterocycles. The molecular formula is C12H9ClF2O2. The third-order valence-electron chi connectivity index (χ3n) is 1.88. The highest BCUT2D eigenvalue weighted by Gasteiger charge is 2.18. The molecule has 0 amide bonds. The van der Waals surface area contributed by atoms with E-state index in [2.05, 4.69) is 16.6 Å². The van der Waals surface area contributed by atoms with E-state index in [0.29, 0.717) is 12.3 Å². The molecule has 0 atom stereocenters. The summed E-state index contributed by atoms with van der Waals surface area (Å²) in [4.78, 5) is 11.1. The summed E-state index contributed by atoms with van der Waals surface area (Å²) >= 11 is 5.40. The third kappa shape index (κ3) is 3.43. The van der Waals surface area contributed by atoms with Crippen LogP contribution in [0.2, 0.25) is 0 Å². The van der Waals surface area contributed by atoms with E-state index in [1.807, 2.05) is 0 Å². The zero-order valence-electron chi connectivity index (χ0n) is 9.02. The number of carbonyl (C=O) groups excluding carboxylic acids is 1. The van der Waals surface area contributed by atoms with Crippen molar-refractivity contribution in [2.75, 3.05) is 13.0 Å². The number of esters is 1. The molecule has 1 aromatic rings. The van der Waals surface area contributed by atoms with Gasteiger partial charge in [0.05, 0.1) is 7.11 Å². The van der Waals surface area contributed by atoms with Crippen molar-refractivity contribution < 1.29 is 18.3 Å². The van der Waals surface area contributed by atoms with Gasteiger partial charge in [-0.25, -0.2) is 13.6 Å². The maximum absolute atomic E-state index is 13.4. The van der Waals surface area contributed by atoms with E-state index < -0.39 is 23.2 Å². The number of benzene rings is 1. The number of carbonyl (C=O) groups is 1. The summed E-state index contributed by atoms with van der Waals surface area (Å²) in [5.74, 6) is 2.48. The lowest BCUT2D eigenvalue weighted by Gasteiger charge is -2.03. The predicted molar refractivity (Wildman–Crippen MR) is 59.9 cm³/mol. The van der Waals surface area contributed by atoms with E-state index >= 15 is 0 Å². The largest absolute Gasteiger partial charge is 0.465 e. The Labute approximate surface area is 103 Å². The van der Waals surface area contributed by atoms with Gasteiger partial charge >= 0.3 is 5.97 Å². The minimum atomic E-state index is -1.06. The van der Waals surface area contributed by atoms with Gasteiger partial charge in [-0.3, -0.25) is 0 Å². The number of alkyl halides is 1. The SMILES string of the molecule is COC(=O)c1c(F)cc(C#CCCCl)cc1F. The number of methoxy groups -OCH3 is 1. The van der Waals surface area contributed by atoms with Gasteiger partial charge in [-0.05, 0) is 12.1 Å². The van der Waals surface area contributed by atoms with Crippen molar-refractivity contribution >= 4 is 17.6 Å². The van der Waals surface area contributed by atoms with E-state index in [9.17, 15) is 13.6 Å². The molecule has 0 fully saturated rings. The van der Waals surface area contributed by atoms with Gasteiger partial charge in [0, 0.05) is 17.9 Å². The minimum Gasteiger partial charge on any atom is -0.465 e. The average Bonchev–Trinajstić information content (AvgIpc) is 2.28. The number of rotatable bonds is 2. The zero-order chi connectivity index (χ0) is 12.8. The Bertz CT molecular complexity index is 466. The first kappa shape index (κ1) is 13.5. The van der Waals surface area contributed by atoms with E-state index in [-0.39, 0.29) is 5.56 Å². The van der Waals surface area contributed by atoms with Crippen LogP contribution in [-0.4, -0.2) is 19.0 Å². The molecule has 0 spiro atoms. The fraction of sp³-hybridized carbons (Fsp3) is 0.250. The highest BCUT2D eigenvalue weighted by molar-refractivity contribution is 6.18. The third-order valence-corrected chi connectivity index (χ3v) is 2.07. The Morgan fingerprint density at radius 2 is 2.00 bits per heavy atom. The molecule has 0 saturated carbocycles. The van der Waals surface area contributed by atoms with E-state index in [4.69, 9.17) is 11.6 Å². The summed E-state index contributed by atoms with van der Waals surface area (Å²) in [5.41, 5.74) is -0.562. The lowest BCUT2D eigenvalue weighted by Crippen LogP contribution is -2.08. The molecule has 0 aliphatic heterocycles. The first-order valence-corrected chi connectivity index (χ1v) is 5.25. The van der Waals surface area contributed by atoms with Crippen molar-refractivity contribution in [3.05, 3.63) is 34.9 Å². The van der Waals surface area contributed by atoms with Gasteiger partial charge in [0.25, 0.3) is 0 Å². The molecule has 0 saturated heterocycles. The summed E-state index contributed by atoms with van der Waals surface area (Å²) in [7, 11) is 1.05. The Hall–Kier alpha value is -1.60. The van der Waals surface area contributed by atoms with E-state index in [0.717, 1.165) is 19.2 Å². The standard InChI is InChI=1S/C12H9ClF2O2/c1-17-12(16)11-9(14)6-8(7-10(11)15)4-2-3-5-13/h6-7H,3,5H2,1H3. The summed E-state index contributed by atoms with van der Waals surface area (Å²) in [6.07, 6.45) is 0.420. The molecule has 0 aliphatic rings. The van der Waals surface area contributed by atoms with E-state index in [1.54, 1.807) is 0 Å². The second-order valence-corrected chi connectivity index (χ2v) is 3.43. The van der Waals surface area contributed by atoms with Crippen molar-refractivity contribution in [2.45, 2.75) is 6.42 Å². The molecule has 0 unspecified atom stereocenters. The van der Waals surface area contributed by atoms with Gasteiger partial charge in [0.15, 0.2) is 0 Å². The lowest BCUT2D eigenvalue weighted by atomic mass is 10.1. The Kier molecular flexibility index (Phi) is 4.92. The molecular weight excluding hydrogens is 250 g/mol. The molecule has 90 valence electrons. The van der Waals surface area contributed by atoms with Crippen LogP contribution >= 0.6 is 11.6 Å². The molecule has 0 radical (unpaired) electrons. The van der Waals surface area contributed by atoms with Crippen molar-refractivity contribution in [3.63, 3.8) is 0 Å². The second-order valence-electron chi connectivity index (χ2n) is 3.05. The maximum atomic E-state index is 13.4. The van der Waals surface area contributed by atoms with Crippen molar-refractivity contribution in [1.82, 2.24) is 0 Å². The quantitative estimate of drug-likeness (QED) is 0.463. The Balaban J connectivity index is 3.11. The first-order chi connectivity index (χ1) is 8.10.